The Morgan fingerprint density at radius 1 is 1.09 bits per heavy atom. The number of primary amides is 1. The summed E-state index contributed by atoms with van der Waals surface area (Å²) in [5.74, 6) is -0.752. The monoisotopic (exact) mass is 487 g/mol. The van der Waals surface area contributed by atoms with E-state index in [0.717, 1.165) is 10.3 Å². The van der Waals surface area contributed by atoms with Crippen molar-refractivity contribution >= 4 is 28.5 Å². The Morgan fingerprint density at radius 3 is 2.63 bits per heavy atom. The first-order valence-corrected chi connectivity index (χ1v) is 11.3. The topological polar surface area (TPSA) is 95.9 Å². The molecule has 0 saturated heterocycles. The first-order valence-electron chi connectivity index (χ1n) is 10.9. The zero-order valence-electron chi connectivity index (χ0n) is 18.5. The van der Waals surface area contributed by atoms with Crippen molar-refractivity contribution in [2.45, 2.75) is 12.3 Å². The minimum absolute atomic E-state index is 0.294. The van der Waals surface area contributed by atoms with Crippen molar-refractivity contribution in [1.29, 1.82) is 0 Å². The van der Waals surface area contributed by atoms with Gasteiger partial charge in [-0.25, -0.2) is 9.37 Å². The van der Waals surface area contributed by atoms with Crippen LogP contribution in [0.5, 0.6) is 0 Å². The average Bonchev–Trinajstić information content (AvgIpc) is 3.26. The summed E-state index contributed by atoms with van der Waals surface area (Å²) in [6, 6.07) is 22.5. The molecule has 5 rings (SSSR count). The fraction of sp³-hybridized carbons (Fsp3) is 0.0741. The van der Waals surface area contributed by atoms with Gasteiger partial charge in [0, 0.05) is 33.0 Å². The number of carbonyl (C=O) groups excluding carboxylic acids is 1. The second-order valence-electron chi connectivity index (χ2n) is 8.27. The van der Waals surface area contributed by atoms with Crippen LogP contribution in [-0.2, 0) is 6.42 Å². The van der Waals surface area contributed by atoms with E-state index in [4.69, 9.17) is 17.3 Å². The number of fused-ring (bicyclic) bond motifs is 1. The van der Waals surface area contributed by atoms with E-state index in [1.165, 1.54) is 18.3 Å². The quantitative estimate of drug-likeness (QED) is 0.232. The smallest absolute Gasteiger partial charge is 0.249 e. The molecule has 0 fully saturated rings. The maximum atomic E-state index is 13.8. The highest BCUT2D eigenvalue weighted by molar-refractivity contribution is 6.31. The van der Waals surface area contributed by atoms with E-state index >= 15 is 0 Å². The van der Waals surface area contributed by atoms with Crippen LogP contribution in [-0.4, -0.2) is 21.1 Å². The minimum Gasteiger partial charge on any atom is -0.366 e. The molecule has 2 aromatic heterocycles. The van der Waals surface area contributed by atoms with E-state index in [1.807, 2.05) is 30.3 Å². The van der Waals surface area contributed by atoms with Gasteiger partial charge in [0.05, 0.1) is 16.6 Å². The molecular formula is C27H21ClFN4O2+. The van der Waals surface area contributed by atoms with Crippen molar-refractivity contribution in [3.8, 4) is 11.1 Å². The first-order chi connectivity index (χ1) is 16.9. The molecule has 0 aliphatic carbocycles. The Hall–Kier alpha value is -4.23. The first kappa shape index (κ1) is 22.6. The van der Waals surface area contributed by atoms with Crippen LogP contribution in [0.3, 0.4) is 0 Å². The number of aromatic nitrogens is 3. The molecule has 35 heavy (non-hydrogen) atoms. The van der Waals surface area contributed by atoms with Crippen molar-refractivity contribution in [3.63, 3.8) is 0 Å². The highest BCUT2D eigenvalue weighted by Gasteiger charge is 2.29. The molecule has 0 unspecified atom stereocenters. The molecule has 0 saturated carbocycles. The van der Waals surface area contributed by atoms with E-state index < -0.39 is 5.91 Å². The Kier molecular flexibility index (Phi) is 5.93. The molecule has 0 spiro atoms. The summed E-state index contributed by atoms with van der Waals surface area (Å²) < 4.78 is 14.8. The van der Waals surface area contributed by atoms with Gasteiger partial charge in [0.1, 0.15) is 17.6 Å². The third kappa shape index (κ3) is 4.58. The van der Waals surface area contributed by atoms with Crippen LogP contribution in [0.15, 0.2) is 85.1 Å². The maximum Gasteiger partial charge on any atom is 0.249 e. The fourth-order valence-corrected chi connectivity index (χ4v) is 4.43. The number of halogens is 2. The molecule has 0 aliphatic heterocycles. The largest absolute Gasteiger partial charge is 0.366 e. The molecule has 0 bridgehead atoms. The fourth-order valence-electron chi connectivity index (χ4n) is 4.26. The highest BCUT2D eigenvalue weighted by atomic mass is 35.5. The lowest BCUT2D eigenvalue weighted by Gasteiger charge is -2.13. The predicted molar refractivity (Wildman–Crippen MR) is 131 cm³/mol. The third-order valence-corrected chi connectivity index (χ3v) is 6.19. The number of benzene rings is 3. The molecule has 5 aromatic rings. The molecule has 0 aliphatic rings. The van der Waals surface area contributed by atoms with Crippen LogP contribution in [0.4, 0.5) is 4.39 Å². The zero-order chi connectivity index (χ0) is 24.5. The Bertz CT molecular complexity index is 1550. The van der Waals surface area contributed by atoms with Crippen LogP contribution >= 0.6 is 11.6 Å². The van der Waals surface area contributed by atoms with Gasteiger partial charge in [-0.15, -0.1) is 0 Å². The lowest BCUT2D eigenvalue weighted by Crippen LogP contribution is -2.37. The predicted octanol–water partition coefficient (Wildman–Crippen LogP) is 5.02. The second kappa shape index (κ2) is 9.19. The van der Waals surface area contributed by atoms with Gasteiger partial charge in [-0.1, -0.05) is 41.9 Å². The van der Waals surface area contributed by atoms with Crippen LogP contribution in [0.2, 0.25) is 5.02 Å². The van der Waals surface area contributed by atoms with Crippen LogP contribution in [0, 0.1) is 5.82 Å². The summed E-state index contributed by atoms with van der Waals surface area (Å²) in [5.41, 5.74) is 9.71. The number of nitrogens with two attached hydrogens (primary N) is 1. The molecule has 3 aromatic carbocycles. The van der Waals surface area contributed by atoms with Crippen molar-refractivity contribution in [2.24, 2.45) is 5.73 Å². The van der Waals surface area contributed by atoms with E-state index in [2.05, 4.69) is 9.97 Å². The molecule has 2 heterocycles. The van der Waals surface area contributed by atoms with Crippen molar-refractivity contribution in [2.75, 3.05) is 0 Å². The lowest BCUT2D eigenvalue weighted by molar-refractivity contribution is -0.909. The Balaban J connectivity index is 1.61. The van der Waals surface area contributed by atoms with Gasteiger partial charge in [0.2, 0.25) is 17.8 Å². The number of carbonyl (C=O) groups is 1. The van der Waals surface area contributed by atoms with Gasteiger partial charge >= 0.3 is 0 Å². The van der Waals surface area contributed by atoms with Crippen LogP contribution < -0.4 is 10.5 Å². The number of nitrogens with one attached hydrogen (secondary N) is 1. The Morgan fingerprint density at radius 2 is 1.89 bits per heavy atom. The molecule has 1 amide bonds. The summed E-state index contributed by atoms with van der Waals surface area (Å²) in [6.45, 7) is 0. The number of nitrogens with zero attached hydrogens (tertiary/aromatic N) is 2. The van der Waals surface area contributed by atoms with Gasteiger partial charge in [-0.3, -0.25) is 10.0 Å². The number of amides is 1. The number of hydrogen-bond donors (Lipinski definition) is 3. The number of aromatic amines is 1. The molecule has 174 valence electrons. The lowest BCUT2D eigenvalue weighted by atomic mass is 9.93. The number of imidazole rings is 1. The molecule has 1 atom stereocenters. The molecule has 0 radical (unpaired) electrons. The molecule has 6 nitrogen and oxygen atoms in total. The van der Waals surface area contributed by atoms with Gasteiger partial charge in [0.15, 0.2) is 0 Å². The van der Waals surface area contributed by atoms with Crippen molar-refractivity contribution in [1.82, 2.24) is 9.97 Å². The average molecular weight is 488 g/mol. The summed E-state index contributed by atoms with van der Waals surface area (Å²) in [6.07, 6.45) is 2.04. The van der Waals surface area contributed by atoms with Gasteiger partial charge < -0.3 is 10.7 Å². The van der Waals surface area contributed by atoms with Gasteiger partial charge in [-0.05, 0) is 48.4 Å². The molecule has 8 heteroatoms. The number of hydrogen-bond acceptors (Lipinski definition) is 3. The summed E-state index contributed by atoms with van der Waals surface area (Å²) >= 11 is 6.15. The standard InChI is InChI=1S/C27H20ClFN4O2/c28-18-7-9-20(26(30)34)21(13-18)17-6-11-25(33(35)15-17)22(12-16-4-2-1-3-5-16)27-31-23-10-8-19(29)14-24(23)32-27/h1-11,13-15,22H,12H2,(H3-,30,31,32,34,35)/p+1/t22-/m1/s1. The van der Waals surface area contributed by atoms with Crippen LogP contribution in [0.1, 0.15) is 33.4 Å². The van der Waals surface area contributed by atoms with E-state index in [-0.39, 0.29) is 11.7 Å². The van der Waals surface area contributed by atoms with Gasteiger partial charge in [-0.2, -0.15) is 0 Å². The van der Waals surface area contributed by atoms with Gasteiger partial charge in [0.25, 0.3) is 0 Å². The summed E-state index contributed by atoms with van der Waals surface area (Å²) in [7, 11) is 0. The number of rotatable bonds is 6. The van der Waals surface area contributed by atoms with E-state index in [9.17, 15) is 14.4 Å². The van der Waals surface area contributed by atoms with E-state index in [1.54, 1.807) is 36.4 Å². The SMILES string of the molecule is NC(=O)c1ccc(Cl)cc1-c1ccc([C@@H](Cc2ccccc2)c2nc3cc(F)ccc3[nH]2)[n+](O)c1. The molecule has 4 N–H and O–H groups in total. The second-order valence-corrected chi connectivity index (χ2v) is 8.70. The number of H-pyrrole nitrogens is 1. The van der Waals surface area contributed by atoms with E-state index in [0.29, 0.717) is 50.7 Å². The van der Waals surface area contributed by atoms with Crippen molar-refractivity contribution in [3.05, 3.63) is 119 Å². The normalized spacial score (nSPS) is 12.1. The third-order valence-electron chi connectivity index (χ3n) is 5.95. The molecular weight excluding hydrogens is 467 g/mol. The highest BCUT2D eigenvalue weighted by Crippen LogP contribution is 2.30. The minimum atomic E-state index is -0.596. The Labute approximate surface area is 205 Å². The summed E-state index contributed by atoms with van der Waals surface area (Å²) in [4.78, 5) is 19.8. The van der Waals surface area contributed by atoms with Crippen LogP contribution in [0.25, 0.3) is 22.2 Å². The zero-order valence-corrected chi connectivity index (χ0v) is 19.2. The maximum absolute atomic E-state index is 13.8. The van der Waals surface area contributed by atoms with Crippen molar-refractivity contribution < 1.29 is 19.1 Å². The summed E-state index contributed by atoms with van der Waals surface area (Å²) in [5, 5.41) is 11.5. The number of pyridine rings is 1.